The van der Waals surface area contributed by atoms with E-state index in [1.165, 1.54) is 23.5 Å². The summed E-state index contributed by atoms with van der Waals surface area (Å²) in [5.74, 6) is -3.45. The summed E-state index contributed by atoms with van der Waals surface area (Å²) < 4.78 is 56.0. The van der Waals surface area contributed by atoms with Gasteiger partial charge >= 0.3 is 5.76 Å². The van der Waals surface area contributed by atoms with E-state index in [1.54, 1.807) is 17.0 Å². The maximum atomic E-state index is 13.1. The van der Waals surface area contributed by atoms with E-state index < -0.39 is 15.6 Å². The Labute approximate surface area is 161 Å². The lowest BCUT2D eigenvalue weighted by Gasteiger charge is -2.34. The number of nitrogens with zero attached hydrogens (tertiary/aromatic N) is 2. The minimum Gasteiger partial charge on any atom is -0.367 e. The molecule has 1 aromatic carbocycles. The van der Waals surface area contributed by atoms with E-state index in [2.05, 4.69) is 25.8 Å². The van der Waals surface area contributed by atoms with E-state index in [4.69, 9.17) is 4.74 Å². The molecule has 27 heavy (non-hydrogen) atoms. The summed E-state index contributed by atoms with van der Waals surface area (Å²) in [5, 5.41) is 2.80. The van der Waals surface area contributed by atoms with Gasteiger partial charge < -0.3 is 9.64 Å². The zero-order valence-corrected chi connectivity index (χ0v) is 17.0. The van der Waals surface area contributed by atoms with Gasteiger partial charge in [-0.05, 0) is 12.1 Å². The van der Waals surface area contributed by atoms with Gasteiger partial charge in [0.15, 0.2) is 0 Å². The summed E-state index contributed by atoms with van der Waals surface area (Å²) in [7, 11) is -4.68. The molecule has 148 valence electrons. The normalized spacial score (nSPS) is 18.9. The molecule has 3 rings (SSSR count). The quantitative estimate of drug-likeness (QED) is 0.754. The highest BCUT2D eigenvalue weighted by Gasteiger charge is 2.33. The second-order valence-corrected chi connectivity index (χ2v) is 10.2. The summed E-state index contributed by atoms with van der Waals surface area (Å²) >= 11 is 1.49. The van der Waals surface area contributed by atoms with E-state index in [0.29, 0.717) is 19.7 Å². The molecular weight excluding hydrogens is 394 g/mol. The predicted octanol–water partition coefficient (Wildman–Crippen LogP) is 4.01. The van der Waals surface area contributed by atoms with Crippen LogP contribution in [0.3, 0.4) is 0 Å². The molecule has 1 aliphatic heterocycles. The van der Waals surface area contributed by atoms with Crippen LogP contribution in [0, 0.1) is 0 Å². The molecule has 1 unspecified atom stereocenters. The third-order valence-electron chi connectivity index (χ3n) is 4.38. The second-order valence-electron chi connectivity index (χ2n) is 7.40. The largest absolute Gasteiger partial charge is 0.367 e. The minimum atomic E-state index is -4.68. The molecule has 1 aliphatic rings. The Morgan fingerprint density at radius 1 is 1.30 bits per heavy atom. The van der Waals surface area contributed by atoms with Gasteiger partial charge in [0.25, 0.3) is 0 Å². The SMILES string of the molecule is CC(C)(C)c1csc(C2CN(c3ccccc3S(=O)(=O)C(F)F)CCO2)n1. The van der Waals surface area contributed by atoms with Crippen molar-refractivity contribution in [2.24, 2.45) is 0 Å². The number of alkyl halides is 2. The highest BCUT2D eigenvalue weighted by molar-refractivity contribution is 7.91. The van der Waals surface area contributed by atoms with Gasteiger partial charge in [0.1, 0.15) is 11.1 Å². The Kier molecular flexibility index (Phi) is 5.56. The Balaban J connectivity index is 1.89. The first-order valence-electron chi connectivity index (χ1n) is 8.54. The van der Waals surface area contributed by atoms with E-state index in [0.717, 1.165) is 10.7 Å². The number of thiazole rings is 1. The Morgan fingerprint density at radius 3 is 2.63 bits per heavy atom. The molecule has 0 amide bonds. The number of halogens is 2. The van der Waals surface area contributed by atoms with E-state index in [-0.39, 0.29) is 22.1 Å². The minimum absolute atomic E-state index is 0.0823. The number of ether oxygens (including phenoxy) is 1. The zero-order valence-electron chi connectivity index (χ0n) is 15.4. The second kappa shape index (κ2) is 7.44. The van der Waals surface area contributed by atoms with Gasteiger partial charge in [-0.1, -0.05) is 32.9 Å². The fourth-order valence-corrected chi connectivity index (χ4v) is 4.89. The average Bonchev–Trinajstić information content (AvgIpc) is 3.12. The number of hydrogen-bond acceptors (Lipinski definition) is 6. The maximum Gasteiger partial charge on any atom is 0.341 e. The van der Waals surface area contributed by atoms with Crippen molar-refractivity contribution < 1.29 is 21.9 Å². The van der Waals surface area contributed by atoms with Crippen molar-refractivity contribution in [2.45, 2.75) is 42.9 Å². The molecule has 0 aliphatic carbocycles. The summed E-state index contributed by atoms with van der Waals surface area (Å²) in [4.78, 5) is 6.09. The Bertz CT molecular complexity index is 907. The van der Waals surface area contributed by atoms with Crippen molar-refractivity contribution in [1.29, 1.82) is 0 Å². The van der Waals surface area contributed by atoms with Crippen LogP contribution in [-0.2, 0) is 20.0 Å². The lowest BCUT2D eigenvalue weighted by Crippen LogP contribution is -2.39. The number of hydrogen-bond donors (Lipinski definition) is 0. The van der Waals surface area contributed by atoms with Gasteiger partial charge in [-0.2, -0.15) is 8.78 Å². The number of aromatic nitrogens is 1. The lowest BCUT2D eigenvalue weighted by molar-refractivity contribution is 0.0393. The van der Waals surface area contributed by atoms with Gasteiger partial charge in [0.05, 0.1) is 29.4 Å². The number of rotatable bonds is 4. The fraction of sp³-hybridized carbons (Fsp3) is 0.500. The summed E-state index contributed by atoms with van der Waals surface area (Å²) in [5.41, 5.74) is 1.16. The van der Waals surface area contributed by atoms with Crippen LogP contribution in [0.2, 0.25) is 0 Å². The molecule has 5 nitrogen and oxygen atoms in total. The van der Waals surface area contributed by atoms with Gasteiger partial charge in [-0.25, -0.2) is 13.4 Å². The molecule has 1 aromatic heterocycles. The molecule has 0 spiro atoms. The van der Waals surface area contributed by atoms with E-state index in [1.807, 2.05) is 5.38 Å². The van der Waals surface area contributed by atoms with Crippen LogP contribution in [-0.4, -0.2) is 38.9 Å². The van der Waals surface area contributed by atoms with Crippen LogP contribution in [0.4, 0.5) is 14.5 Å². The van der Waals surface area contributed by atoms with Crippen molar-refractivity contribution in [3.63, 3.8) is 0 Å². The molecule has 0 saturated carbocycles. The van der Waals surface area contributed by atoms with Crippen molar-refractivity contribution in [2.75, 3.05) is 24.6 Å². The number of sulfone groups is 1. The van der Waals surface area contributed by atoms with Crippen molar-refractivity contribution in [3.05, 3.63) is 40.3 Å². The van der Waals surface area contributed by atoms with Gasteiger partial charge in [0, 0.05) is 17.3 Å². The first-order chi connectivity index (χ1) is 12.6. The monoisotopic (exact) mass is 416 g/mol. The van der Waals surface area contributed by atoms with Crippen molar-refractivity contribution >= 4 is 26.9 Å². The Morgan fingerprint density at radius 2 is 2.00 bits per heavy atom. The molecule has 0 N–H and O–H groups in total. The van der Waals surface area contributed by atoms with Crippen LogP contribution >= 0.6 is 11.3 Å². The third kappa shape index (κ3) is 4.14. The van der Waals surface area contributed by atoms with E-state index in [9.17, 15) is 17.2 Å². The predicted molar refractivity (Wildman–Crippen MR) is 101 cm³/mol. The number of benzene rings is 1. The fourth-order valence-electron chi connectivity index (χ4n) is 2.85. The van der Waals surface area contributed by atoms with Gasteiger partial charge in [-0.15, -0.1) is 11.3 Å². The molecule has 2 heterocycles. The lowest BCUT2D eigenvalue weighted by atomic mass is 9.93. The third-order valence-corrected chi connectivity index (χ3v) is 6.74. The highest BCUT2D eigenvalue weighted by Crippen LogP contribution is 2.34. The molecular formula is C18H22F2N2O3S2. The van der Waals surface area contributed by atoms with Crippen LogP contribution in [0.1, 0.15) is 37.6 Å². The van der Waals surface area contributed by atoms with Crippen LogP contribution in [0.15, 0.2) is 34.5 Å². The summed E-state index contributed by atoms with van der Waals surface area (Å²) in [6, 6.07) is 5.88. The maximum absolute atomic E-state index is 13.1. The Hall–Kier alpha value is -1.58. The molecule has 0 radical (unpaired) electrons. The average molecular weight is 417 g/mol. The van der Waals surface area contributed by atoms with Crippen molar-refractivity contribution in [1.82, 2.24) is 4.98 Å². The first kappa shape index (κ1) is 20.2. The molecule has 9 heteroatoms. The van der Waals surface area contributed by atoms with Crippen LogP contribution in [0.25, 0.3) is 0 Å². The smallest absolute Gasteiger partial charge is 0.341 e. The van der Waals surface area contributed by atoms with E-state index >= 15 is 0 Å². The van der Waals surface area contributed by atoms with Crippen LogP contribution in [0.5, 0.6) is 0 Å². The molecule has 1 atom stereocenters. The number of morpholine rings is 1. The number of anilines is 1. The molecule has 1 fully saturated rings. The van der Waals surface area contributed by atoms with Crippen LogP contribution < -0.4 is 4.90 Å². The summed E-state index contributed by atoms with van der Waals surface area (Å²) in [6.07, 6.45) is -0.331. The van der Waals surface area contributed by atoms with Gasteiger partial charge in [-0.3, -0.25) is 0 Å². The molecule has 1 saturated heterocycles. The summed E-state index contributed by atoms with van der Waals surface area (Å²) in [6.45, 7) is 7.36. The molecule has 0 bridgehead atoms. The van der Waals surface area contributed by atoms with Crippen molar-refractivity contribution in [3.8, 4) is 0 Å². The topological polar surface area (TPSA) is 59.5 Å². The highest BCUT2D eigenvalue weighted by atomic mass is 32.2. The number of para-hydroxylation sites is 1. The van der Waals surface area contributed by atoms with Gasteiger partial charge in [0.2, 0.25) is 9.84 Å². The molecule has 2 aromatic rings. The first-order valence-corrected chi connectivity index (χ1v) is 11.0. The standard InChI is InChI=1S/C18H22F2N2O3S2/c1-18(2,3)15-11-26-16(21-15)13-10-22(8-9-25-13)12-6-4-5-7-14(12)27(23,24)17(19)20/h4-7,11,13,17H,8-10H2,1-3H3. The zero-order chi connectivity index (χ0) is 19.8.